The molecule has 1 fully saturated rings. The molecule has 134 valence electrons. The highest BCUT2D eigenvalue weighted by Gasteiger charge is 2.70. The summed E-state index contributed by atoms with van der Waals surface area (Å²) in [6.45, 7) is 7.43. The van der Waals surface area contributed by atoms with Crippen LogP contribution in [0.1, 0.15) is 33.3 Å². The number of benzene rings is 1. The average molecular weight is 345 g/mol. The molecular formula is C19H23NO5. The summed E-state index contributed by atoms with van der Waals surface area (Å²) in [4.78, 5) is 27.3. The molecule has 3 atom stereocenters. The van der Waals surface area contributed by atoms with Gasteiger partial charge in [0.25, 0.3) is 5.91 Å². The van der Waals surface area contributed by atoms with Gasteiger partial charge >= 0.3 is 5.97 Å². The van der Waals surface area contributed by atoms with E-state index in [-0.39, 0.29) is 11.3 Å². The number of esters is 1. The standard InChI is InChI=1S/C19H23NO5/c1-11-19(17(23)24-5)14(21)13(12-9-7-6-8-10-12)15(22)20(19)16(25-11)18(2,3)4/h6-11,16,21H,1-5H3/t11-,16-,19-/m1/s1. The van der Waals surface area contributed by atoms with Gasteiger partial charge in [0.2, 0.25) is 5.54 Å². The summed E-state index contributed by atoms with van der Waals surface area (Å²) in [5.41, 5.74) is -1.43. The zero-order valence-corrected chi connectivity index (χ0v) is 15.1. The van der Waals surface area contributed by atoms with Gasteiger partial charge in [-0.3, -0.25) is 9.69 Å². The van der Waals surface area contributed by atoms with Crippen molar-refractivity contribution in [2.75, 3.05) is 7.11 Å². The number of rotatable bonds is 2. The van der Waals surface area contributed by atoms with Crippen molar-refractivity contribution in [3.05, 3.63) is 41.7 Å². The first-order valence-corrected chi connectivity index (χ1v) is 8.24. The van der Waals surface area contributed by atoms with Gasteiger partial charge < -0.3 is 14.6 Å². The quantitative estimate of drug-likeness (QED) is 0.834. The monoisotopic (exact) mass is 345 g/mol. The molecule has 1 saturated heterocycles. The van der Waals surface area contributed by atoms with Crippen LogP contribution in [0.2, 0.25) is 0 Å². The second-order valence-electron chi connectivity index (χ2n) is 7.52. The van der Waals surface area contributed by atoms with Gasteiger partial charge in [-0.15, -0.1) is 0 Å². The summed E-state index contributed by atoms with van der Waals surface area (Å²) in [5, 5.41) is 11.0. The first kappa shape index (κ1) is 17.5. The van der Waals surface area contributed by atoms with Gasteiger partial charge in [-0.25, -0.2) is 4.79 Å². The maximum Gasteiger partial charge on any atom is 0.342 e. The van der Waals surface area contributed by atoms with E-state index >= 15 is 0 Å². The molecule has 0 saturated carbocycles. The third-order valence-corrected chi connectivity index (χ3v) is 4.87. The minimum absolute atomic E-state index is 0.121. The van der Waals surface area contributed by atoms with E-state index in [9.17, 15) is 14.7 Å². The highest BCUT2D eigenvalue weighted by Crippen LogP contribution is 2.51. The van der Waals surface area contributed by atoms with Crippen molar-refractivity contribution in [2.24, 2.45) is 5.41 Å². The highest BCUT2D eigenvalue weighted by atomic mass is 16.6. The average Bonchev–Trinajstić information content (AvgIpc) is 3.00. The number of ether oxygens (including phenoxy) is 2. The van der Waals surface area contributed by atoms with Crippen LogP contribution in [-0.4, -0.2) is 46.9 Å². The van der Waals surface area contributed by atoms with Crippen molar-refractivity contribution in [2.45, 2.75) is 45.6 Å². The molecule has 25 heavy (non-hydrogen) atoms. The Labute approximate surface area is 147 Å². The predicted octanol–water partition coefficient (Wildman–Crippen LogP) is 2.50. The molecule has 1 aromatic rings. The molecule has 1 N–H and O–H groups in total. The Balaban J connectivity index is 2.26. The Bertz CT molecular complexity index is 749. The van der Waals surface area contributed by atoms with Crippen LogP contribution in [-0.2, 0) is 19.1 Å². The van der Waals surface area contributed by atoms with E-state index in [0.29, 0.717) is 5.56 Å². The minimum Gasteiger partial charge on any atom is -0.508 e. The lowest BCUT2D eigenvalue weighted by Gasteiger charge is -2.36. The van der Waals surface area contributed by atoms with Crippen LogP contribution in [0.15, 0.2) is 36.1 Å². The van der Waals surface area contributed by atoms with Crippen LogP contribution in [0.25, 0.3) is 5.57 Å². The molecule has 2 aliphatic rings. The molecule has 2 heterocycles. The van der Waals surface area contributed by atoms with Crippen molar-refractivity contribution >= 4 is 17.4 Å². The van der Waals surface area contributed by atoms with Gasteiger partial charge in [0.1, 0.15) is 12.0 Å². The zero-order chi connectivity index (χ0) is 18.6. The molecule has 2 aliphatic heterocycles. The normalized spacial score (nSPS) is 29.2. The third kappa shape index (κ3) is 2.20. The van der Waals surface area contributed by atoms with Gasteiger partial charge in [-0.05, 0) is 12.5 Å². The van der Waals surface area contributed by atoms with Crippen molar-refractivity contribution in [3.63, 3.8) is 0 Å². The van der Waals surface area contributed by atoms with Crippen molar-refractivity contribution in [3.8, 4) is 0 Å². The smallest absolute Gasteiger partial charge is 0.342 e. The maximum absolute atomic E-state index is 13.2. The van der Waals surface area contributed by atoms with E-state index in [2.05, 4.69) is 0 Å². The Morgan fingerprint density at radius 1 is 1.28 bits per heavy atom. The number of aliphatic hydroxyl groups is 1. The summed E-state index contributed by atoms with van der Waals surface area (Å²) in [6, 6.07) is 8.83. The number of hydrogen-bond donors (Lipinski definition) is 1. The number of methoxy groups -OCH3 is 1. The summed E-state index contributed by atoms with van der Waals surface area (Å²) in [6.07, 6.45) is -1.41. The number of carbonyl (C=O) groups is 2. The number of amides is 1. The highest BCUT2D eigenvalue weighted by molar-refractivity contribution is 6.26. The van der Waals surface area contributed by atoms with Gasteiger partial charge in [-0.2, -0.15) is 0 Å². The zero-order valence-electron chi connectivity index (χ0n) is 15.1. The number of carbonyl (C=O) groups excluding carboxylic acids is 2. The first-order chi connectivity index (χ1) is 11.7. The van der Waals surface area contributed by atoms with Gasteiger partial charge in [0.15, 0.2) is 0 Å². The fraction of sp³-hybridized carbons (Fsp3) is 0.474. The topological polar surface area (TPSA) is 76.1 Å². The van der Waals surface area contributed by atoms with Crippen LogP contribution >= 0.6 is 0 Å². The summed E-state index contributed by atoms with van der Waals surface area (Å²) >= 11 is 0. The lowest BCUT2D eigenvalue weighted by molar-refractivity contribution is -0.158. The van der Waals surface area contributed by atoms with E-state index in [1.807, 2.05) is 26.8 Å². The van der Waals surface area contributed by atoms with Crippen LogP contribution in [0.4, 0.5) is 0 Å². The predicted molar refractivity (Wildman–Crippen MR) is 91.4 cm³/mol. The molecular weight excluding hydrogens is 322 g/mol. The lowest BCUT2D eigenvalue weighted by Crippen LogP contribution is -2.58. The van der Waals surface area contributed by atoms with Crippen LogP contribution in [0.5, 0.6) is 0 Å². The second-order valence-corrected chi connectivity index (χ2v) is 7.52. The fourth-order valence-electron chi connectivity index (χ4n) is 3.69. The molecule has 6 nitrogen and oxygen atoms in total. The molecule has 0 radical (unpaired) electrons. The Morgan fingerprint density at radius 2 is 1.88 bits per heavy atom. The number of hydrogen-bond acceptors (Lipinski definition) is 5. The fourth-order valence-corrected chi connectivity index (χ4v) is 3.69. The summed E-state index contributed by atoms with van der Waals surface area (Å²) < 4.78 is 10.9. The molecule has 6 heteroatoms. The molecule has 0 aromatic heterocycles. The Morgan fingerprint density at radius 3 is 2.40 bits per heavy atom. The Hall–Kier alpha value is -2.34. The van der Waals surface area contributed by atoms with Gasteiger partial charge in [-0.1, -0.05) is 51.1 Å². The van der Waals surface area contributed by atoms with Crippen molar-refractivity contribution in [1.82, 2.24) is 4.90 Å². The molecule has 3 rings (SSSR count). The maximum atomic E-state index is 13.2. The van der Waals surface area contributed by atoms with E-state index in [1.54, 1.807) is 31.2 Å². The van der Waals surface area contributed by atoms with Crippen molar-refractivity contribution < 1.29 is 24.2 Å². The number of aliphatic hydroxyl groups excluding tert-OH is 1. The van der Waals surface area contributed by atoms with Crippen LogP contribution in [0, 0.1) is 5.41 Å². The molecule has 0 unspecified atom stereocenters. The number of nitrogens with zero attached hydrogens (tertiary/aromatic N) is 1. The first-order valence-electron chi connectivity index (χ1n) is 8.24. The number of fused-ring (bicyclic) bond motifs is 1. The van der Waals surface area contributed by atoms with E-state index in [4.69, 9.17) is 9.47 Å². The van der Waals surface area contributed by atoms with Gasteiger partial charge in [0, 0.05) is 5.41 Å². The van der Waals surface area contributed by atoms with Gasteiger partial charge in [0.05, 0.1) is 18.8 Å². The molecule has 1 aromatic carbocycles. The Kier molecular flexibility index (Phi) is 3.91. The molecule has 0 spiro atoms. The lowest BCUT2D eigenvalue weighted by atomic mass is 9.88. The van der Waals surface area contributed by atoms with E-state index in [0.717, 1.165) is 0 Å². The SMILES string of the molecule is COC(=O)[C@@]12C(O)=C(c3ccccc3)C(=O)N1[C@@H](C(C)(C)C)O[C@@H]2C. The largest absolute Gasteiger partial charge is 0.508 e. The molecule has 0 bridgehead atoms. The summed E-state index contributed by atoms with van der Waals surface area (Å²) in [7, 11) is 1.24. The van der Waals surface area contributed by atoms with E-state index in [1.165, 1.54) is 12.0 Å². The molecule has 0 aliphatic carbocycles. The minimum atomic E-state index is -1.66. The third-order valence-electron chi connectivity index (χ3n) is 4.87. The second kappa shape index (κ2) is 5.59. The van der Waals surface area contributed by atoms with E-state index < -0.39 is 35.2 Å². The molecule has 1 amide bonds. The summed E-state index contributed by atoms with van der Waals surface area (Å²) in [5.74, 6) is -1.45. The van der Waals surface area contributed by atoms with Crippen molar-refractivity contribution in [1.29, 1.82) is 0 Å². The van der Waals surface area contributed by atoms with Crippen LogP contribution < -0.4 is 0 Å². The van der Waals surface area contributed by atoms with Crippen LogP contribution in [0.3, 0.4) is 0 Å².